The van der Waals surface area contributed by atoms with Gasteiger partial charge in [0, 0.05) is 19.6 Å². The third-order valence-corrected chi connectivity index (χ3v) is 7.48. The molecule has 2 amide bonds. The predicted molar refractivity (Wildman–Crippen MR) is 103 cm³/mol. The Morgan fingerprint density at radius 3 is 2.44 bits per heavy atom. The summed E-state index contributed by atoms with van der Waals surface area (Å²) < 4.78 is 36.7. The monoisotopic (exact) mass is 397 g/mol. The first-order valence-corrected chi connectivity index (χ1v) is 10.7. The van der Waals surface area contributed by atoms with Crippen molar-refractivity contribution in [3.63, 3.8) is 0 Å². The van der Waals surface area contributed by atoms with Crippen LogP contribution in [0.25, 0.3) is 0 Å². The number of nitrogens with zero attached hydrogens (tertiary/aromatic N) is 1. The first kappa shape index (κ1) is 19.8. The highest BCUT2D eigenvalue weighted by molar-refractivity contribution is 7.90. The molecule has 2 fully saturated rings. The van der Waals surface area contributed by atoms with Crippen molar-refractivity contribution in [1.82, 2.24) is 9.62 Å². The minimum atomic E-state index is -3.09. The van der Waals surface area contributed by atoms with E-state index in [2.05, 4.69) is 10.6 Å². The van der Waals surface area contributed by atoms with E-state index in [0.29, 0.717) is 36.8 Å². The lowest BCUT2D eigenvalue weighted by molar-refractivity contribution is 0.240. The number of piperidine rings is 1. The molecule has 0 atom stereocenters. The molecule has 9 heteroatoms. The first-order chi connectivity index (χ1) is 13.0. The highest BCUT2D eigenvalue weighted by Gasteiger charge is 2.41. The molecule has 27 heavy (non-hydrogen) atoms. The van der Waals surface area contributed by atoms with Gasteiger partial charge in [0.2, 0.25) is 10.0 Å². The van der Waals surface area contributed by atoms with E-state index in [0.717, 1.165) is 25.7 Å². The van der Waals surface area contributed by atoms with E-state index in [-0.39, 0.29) is 17.2 Å². The summed E-state index contributed by atoms with van der Waals surface area (Å²) in [6.07, 6.45) is 3.10. The average molecular weight is 397 g/mol. The van der Waals surface area contributed by atoms with Gasteiger partial charge in [0.15, 0.2) is 11.5 Å². The van der Waals surface area contributed by atoms with Gasteiger partial charge in [-0.05, 0) is 43.7 Å². The van der Waals surface area contributed by atoms with Gasteiger partial charge in [0.1, 0.15) is 0 Å². The second-order valence-electron chi connectivity index (χ2n) is 6.96. The lowest BCUT2D eigenvalue weighted by Crippen LogP contribution is -2.43. The van der Waals surface area contributed by atoms with Gasteiger partial charge in [-0.15, -0.1) is 0 Å². The summed E-state index contributed by atoms with van der Waals surface area (Å²) in [6.45, 7) is 1.59. The van der Waals surface area contributed by atoms with Crippen LogP contribution in [-0.4, -0.2) is 57.9 Å². The lowest BCUT2D eigenvalue weighted by atomic mass is 9.98. The smallest absolute Gasteiger partial charge is 0.319 e. The minimum absolute atomic E-state index is 0.157. The van der Waals surface area contributed by atoms with E-state index in [1.54, 1.807) is 22.5 Å². The number of carbonyl (C=O) groups excluding carboxylic acids is 1. The number of amides is 2. The zero-order chi connectivity index (χ0) is 19.4. The van der Waals surface area contributed by atoms with E-state index in [1.807, 2.05) is 0 Å². The van der Waals surface area contributed by atoms with Crippen LogP contribution < -0.4 is 20.1 Å². The zero-order valence-corrected chi connectivity index (χ0v) is 16.5. The standard InChI is InChI=1S/C18H27N3O5S/c1-25-16-5-3-4-15(17(16)26-2)20-18(22)19-12-13-8-10-21(11-9-13)27(23,24)14-6-7-14/h3-5,13-14H,6-12H2,1-2H3,(H2,19,20,22). The molecule has 1 saturated carbocycles. The summed E-state index contributed by atoms with van der Waals surface area (Å²) in [5.41, 5.74) is 0.527. The number of hydrogen-bond donors (Lipinski definition) is 2. The molecule has 3 rings (SSSR count). The fourth-order valence-corrected chi connectivity index (χ4v) is 5.21. The van der Waals surface area contributed by atoms with E-state index in [1.165, 1.54) is 14.2 Å². The largest absolute Gasteiger partial charge is 0.493 e. The maximum atomic E-state index is 12.3. The number of urea groups is 1. The molecule has 0 bridgehead atoms. The molecular formula is C18H27N3O5S. The molecule has 1 heterocycles. The molecular weight excluding hydrogens is 370 g/mol. The molecule has 1 aromatic rings. The van der Waals surface area contributed by atoms with Crippen LogP contribution in [0, 0.1) is 5.92 Å². The minimum Gasteiger partial charge on any atom is -0.493 e. The number of anilines is 1. The molecule has 0 unspecified atom stereocenters. The maximum absolute atomic E-state index is 12.3. The van der Waals surface area contributed by atoms with E-state index in [9.17, 15) is 13.2 Å². The van der Waals surface area contributed by atoms with Crippen molar-refractivity contribution in [2.75, 3.05) is 39.2 Å². The molecule has 0 spiro atoms. The average Bonchev–Trinajstić information content (AvgIpc) is 3.52. The number of sulfonamides is 1. The highest BCUT2D eigenvalue weighted by atomic mass is 32.2. The Morgan fingerprint density at radius 1 is 1.15 bits per heavy atom. The van der Waals surface area contributed by atoms with E-state index >= 15 is 0 Å². The molecule has 1 aliphatic heterocycles. The van der Waals surface area contributed by atoms with Gasteiger partial charge in [0.05, 0.1) is 25.2 Å². The van der Waals surface area contributed by atoms with Crippen LogP contribution in [0.3, 0.4) is 0 Å². The van der Waals surface area contributed by atoms with Gasteiger partial charge < -0.3 is 20.1 Å². The second kappa shape index (κ2) is 8.35. The summed E-state index contributed by atoms with van der Waals surface area (Å²) in [5, 5.41) is 5.48. The van der Waals surface area contributed by atoms with E-state index < -0.39 is 10.0 Å². The summed E-state index contributed by atoms with van der Waals surface area (Å²) >= 11 is 0. The summed E-state index contributed by atoms with van der Waals surface area (Å²) in [7, 11) is -0.0332. The van der Waals surface area contributed by atoms with Gasteiger partial charge >= 0.3 is 6.03 Å². The van der Waals surface area contributed by atoms with Crippen molar-refractivity contribution in [3.8, 4) is 11.5 Å². The van der Waals surface area contributed by atoms with Crippen LogP contribution in [0.5, 0.6) is 11.5 Å². The number of ether oxygens (including phenoxy) is 2. The van der Waals surface area contributed by atoms with Crippen LogP contribution in [0.1, 0.15) is 25.7 Å². The SMILES string of the molecule is COc1cccc(NC(=O)NCC2CCN(S(=O)(=O)C3CC3)CC2)c1OC. The zero-order valence-electron chi connectivity index (χ0n) is 15.7. The normalized spacial score (nSPS) is 18.7. The van der Waals surface area contributed by atoms with E-state index in [4.69, 9.17) is 9.47 Å². The fourth-order valence-electron chi connectivity index (χ4n) is 3.33. The molecule has 1 aromatic carbocycles. The second-order valence-corrected chi connectivity index (χ2v) is 9.18. The summed E-state index contributed by atoms with van der Waals surface area (Å²) in [4.78, 5) is 12.2. The first-order valence-electron chi connectivity index (χ1n) is 9.20. The van der Waals surface area contributed by atoms with Crippen molar-refractivity contribution in [2.24, 2.45) is 5.92 Å². The maximum Gasteiger partial charge on any atom is 0.319 e. The quantitative estimate of drug-likeness (QED) is 0.734. The summed E-state index contributed by atoms with van der Waals surface area (Å²) in [6, 6.07) is 4.94. The van der Waals surface area contributed by atoms with Crippen molar-refractivity contribution in [2.45, 2.75) is 30.9 Å². The number of hydrogen-bond acceptors (Lipinski definition) is 5. The predicted octanol–water partition coefficient (Wildman–Crippen LogP) is 2.03. The Hall–Kier alpha value is -2.00. The van der Waals surface area contributed by atoms with Gasteiger partial charge in [0.25, 0.3) is 0 Å². The Morgan fingerprint density at radius 2 is 1.85 bits per heavy atom. The molecule has 8 nitrogen and oxygen atoms in total. The Balaban J connectivity index is 1.47. The van der Waals surface area contributed by atoms with Crippen LogP contribution in [0.2, 0.25) is 0 Å². The van der Waals surface area contributed by atoms with Crippen molar-refractivity contribution in [3.05, 3.63) is 18.2 Å². The number of para-hydroxylation sites is 1. The van der Waals surface area contributed by atoms with Crippen molar-refractivity contribution < 1.29 is 22.7 Å². The number of rotatable bonds is 7. The third-order valence-electron chi connectivity index (χ3n) is 5.08. The molecule has 1 aliphatic carbocycles. The Kier molecular flexibility index (Phi) is 6.11. The number of benzene rings is 1. The van der Waals surface area contributed by atoms with Crippen LogP contribution in [0.4, 0.5) is 10.5 Å². The molecule has 1 saturated heterocycles. The highest BCUT2D eigenvalue weighted by Crippen LogP contribution is 2.35. The van der Waals surface area contributed by atoms with Crippen LogP contribution in [-0.2, 0) is 10.0 Å². The van der Waals surface area contributed by atoms with Crippen molar-refractivity contribution in [1.29, 1.82) is 0 Å². The lowest BCUT2D eigenvalue weighted by Gasteiger charge is -2.31. The number of carbonyl (C=O) groups is 1. The van der Waals surface area contributed by atoms with Gasteiger partial charge in [-0.2, -0.15) is 0 Å². The van der Waals surface area contributed by atoms with Gasteiger partial charge in [-0.3, -0.25) is 0 Å². The third kappa shape index (κ3) is 4.65. The molecule has 0 radical (unpaired) electrons. The Bertz CT molecular complexity index is 771. The van der Waals surface area contributed by atoms with Gasteiger partial charge in [-0.1, -0.05) is 6.07 Å². The Labute approximate surface area is 160 Å². The van der Waals surface area contributed by atoms with Crippen molar-refractivity contribution >= 4 is 21.7 Å². The fraction of sp³-hybridized carbons (Fsp3) is 0.611. The topological polar surface area (TPSA) is 97.0 Å². The summed E-state index contributed by atoms with van der Waals surface area (Å²) in [5.74, 6) is 1.28. The number of nitrogens with one attached hydrogen (secondary N) is 2. The molecule has 2 aliphatic rings. The van der Waals surface area contributed by atoms with Crippen LogP contribution >= 0.6 is 0 Å². The van der Waals surface area contributed by atoms with Crippen LogP contribution in [0.15, 0.2) is 18.2 Å². The molecule has 150 valence electrons. The molecule has 2 N–H and O–H groups in total. The number of methoxy groups -OCH3 is 2. The molecule has 0 aromatic heterocycles. The van der Waals surface area contributed by atoms with Gasteiger partial charge in [-0.25, -0.2) is 17.5 Å².